The molecule has 1 aromatic heterocycles. The fourth-order valence-corrected chi connectivity index (χ4v) is 7.09. The van der Waals surface area contributed by atoms with Gasteiger partial charge < -0.3 is 4.90 Å². The molecule has 0 saturated carbocycles. The molecule has 2 aromatic carbocycles. The first-order chi connectivity index (χ1) is 16.9. The molecule has 0 radical (unpaired) electrons. The number of likely N-dealkylation sites (N-methyl/N-ethyl adjacent to an activating group) is 1. The average molecular weight is 577 g/mol. The highest BCUT2D eigenvalue weighted by molar-refractivity contribution is 7.89. The minimum absolute atomic E-state index is 0.103. The molecule has 3 aromatic rings. The number of nitrogens with zero attached hydrogens (tertiary/aromatic N) is 2. The van der Waals surface area contributed by atoms with Crippen molar-refractivity contribution >= 4 is 50.5 Å². The Morgan fingerprint density at radius 3 is 2.56 bits per heavy atom. The number of amides is 1. The molecule has 1 aliphatic rings. The van der Waals surface area contributed by atoms with Gasteiger partial charge in [-0.25, -0.2) is 8.42 Å². The van der Waals surface area contributed by atoms with Gasteiger partial charge >= 0.3 is 6.18 Å². The predicted molar refractivity (Wildman–Crippen MR) is 134 cm³/mol. The van der Waals surface area contributed by atoms with E-state index in [1.807, 2.05) is 11.4 Å². The molecule has 0 N–H and O–H groups in total. The summed E-state index contributed by atoms with van der Waals surface area (Å²) in [5.74, 6) is -0.486. The topological polar surface area (TPSA) is 57.7 Å². The summed E-state index contributed by atoms with van der Waals surface area (Å²) >= 11 is 14.1. The summed E-state index contributed by atoms with van der Waals surface area (Å²) in [5, 5.41) is 2.73. The van der Waals surface area contributed by atoms with Crippen LogP contribution in [0.3, 0.4) is 0 Å². The van der Waals surface area contributed by atoms with E-state index in [1.165, 1.54) is 6.92 Å². The van der Waals surface area contributed by atoms with Crippen molar-refractivity contribution in [3.8, 4) is 0 Å². The van der Waals surface area contributed by atoms with Crippen LogP contribution in [-0.4, -0.2) is 43.2 Å². The summed E-state index contributed by atoms with van der Waals surface area (Å²) < 4.78 is 66.8. The first-order valence-electron chi connectivity index (χ1n) is 10.9. The van der Waals surface area contributed by atoms with Gasteiger partial charge in [-0.1, -0.05) is 42.3 Å². The van der Waals surface area contributed by atoms with E-state index in [0.29, 0.717) is 34.6 Å². The normalized spacial score (nSPS) is 16.3. The van der Waals surface area contributed by atoms with Gasteiger partial charge in [0.1, 0.15) is 0 Å². The van der Waals surface area contributed by atoms with E-state index in [0.717, 1.165) is 32.9 Å². The van der Waals surface area contributed by atoms with Crippen LogP contribution in [0.4, 0.5) is 13.2 Å². The molecular formula is C24H21Cl2F3N2O3S2. The highest BCUT2D eigenvalue weighted by atomic mass is 35.5. The van der Waals surface area contributed by atoms with Crippen molar-refractivity contribution in [2.45, 2.75) is 30.5 Å². The van der Waals surface area contributed by atoms with Crippen molar-refractivity contribution in [1.82, 2.24) is 9.21 Å². The molecule has 192 valence electrons. The number of hydrogen-bond acceptors (Lipinski definition) is 4. The Bertz CT molecular complexity index is 1390. The summed E-state index contributed by atoms with van der Waals surface area (Å²) in [6.45, 7) is 1.22. The fraction of sp³-hybridized carbons (Fsp3) is 0.292. The van der Waals surface area contributed by atoms with E-state index in [1.54, 1.807) is 34.4 Å². The molecule has 0 fully saturated rings. The molecule has 5 nitrogen and oxygen atoms in total. The Morgan fingerprint density at radius 1 is 1.14 bits per heavy atom. The Balaban J connectivity index is 1.66. The first kappa shape index (κ1) is 26.9. The minimum atomic E-state index is -4.70. The molecule has 0 aliphatic carbocycles. The summed E-state index contributed by atoms with van der Waals surface area (Å²) in [5.41, 5.74) is 0.467. The first-order valence-corrected chi connectivity index (χ1v) is 14.0. The Kier molecular flexibility index (Phi) is 7.73. The lowest BCUT2D eigenvalue weighted by molar-refractivity contribution is -0.137. The maximum Gasteiger partial charge on any atom is 0.416 e. The van der Waals surface area contributed by atoms with E-state index in [2.05, 4.69) is 0 Å². The Hall–Kier alpha value is -2.11. The van der Waals surface area contributed by atoms with E-state index in [4.69, 9.17) is 23.2 Å². The van der Waals surface area contributed by atoms with Crippen LogP contribution in [0.25, 0.3) is 0 Å². The van der Waals surface area contributed by atoms with Crippen LogP contribution >= 0.6 is 34.5 Å². The third-order valence-electron chi connectivity index (χ3n) is 6.01. The zero-order valence-electron chi connectivity index (χ0n) is 18.9. The van der Waals surface area contributed by atoms with Gasteiger partial charge in [-0.3, -0.25) is 4.79 Å². The molecule has 0 bridgehead atoms. The smallest absolute Gasteiger partial charge is 0.330 e. The third kappa shape index (κ3) is 5.28. The SMILES string of the molecule is CCN(CC(=O)N1CCc2sccc2C1c1ccc(Cl)cc1Cl)S(=O)(=O)c1cccc(C(F)(F)F)c1. The number of rotatable bonds is 6. The number of benzene rings is 2. The Morgan fingerprint density at radius 2 is 1.89 bits per heavy atom. The van der Waals surface area contributed by atoms with Gasteiger partial charge in [-0.05, 0) is 59.3 Å². The number of thiophene rings is 1. The quantitative estimate of drug-likeness (QED) is 0.348. The van der Waals surface area contributed by atoms with Gasteiger partial charge in [0.2, 0.25) is 15.9 Å². The number of halogens is 5. The van der Waals surface area contributed by atoms with Crippen molar-refractivity contribution in [3.63, 3.8) is 0 Å². The monoisotopic (exact) mass is 576 g/mol. The molecule has 4 rings (SSSR count). The Labute approximate surface area is 221 Å². The van der Waals surface area contributed by atoms with Gasteiger partial charge in [0.15, 0.2) is 0 Å². The van der Waals surface area contributed by atoms with E-state index >= 15 is 0 Å². The number of hydrogen-bond donors (Lipinski definition) is 0. The molecule has 1 amide bonds. The summed E-state index contributed by atoms with van der Waals surface area (Å²) in [4.78, 5) is 15.7. The van der Waals surface area contributed by atoms with Crippen molar-refractivity contribution < 1.29 is 26.4 Å². The van der Waals surface area contributed by atoms with E-state index in [9.17, 15) is 26.4 Å². The van der Waals surface area contributed by atoms with Gasteiger partial charge in [0.05, 0.1) is 23.0 Å². The average Bonchev–Trinajstić information content (AvgIpc) is 3.30. The summed E-state index contributed by atoms with van der Waals surface area (Å²) in [7, 11) is -4.37. The predicted octanol–water partition coefficient (Wildman–Crippen LogP) is 6.26. The second-order valence-electron chi connectivity index (χ2n) is 8.16. The zero-order valence-corrected chi connectivity index (χ0v) is 22.1. The maximum atomic E-state index is 13.5. The molecular weight excluding hydrogens is 556 g/mol. The number of carbonyl (C=O) groups excluding carboxylic acids is 1. The van der Waals surface area contributed by atoms with Crippen molar-refractivity contribution in [1.29, 1.82) is 0 Å². The zero-order chi connectivity index (χ0) is 26.3. The molecule has 1 atom stereocenters. The molecule has 36 heavy (non-hydrogen) atoms. The number of fused-ring (bicyclic) bond motifs is 1. The minimum Gasteiger partial charge on any atom is -0.330 e. The fourth-order valence-electron chi connectivity index (χ4n) is 4.23. The second kappa shape index (κ2) is 10.3. The van der Waals surface area contributed by atoms with E-state index in [-0.39, 0.29) is 6.54 Å². The van der Waals surface area contributed by atoms with Gasteiger partial charge in [0.25, 0.3) is 0 Å². The second-order valence-corrected chi connectivity index (χ2v) is 11.9. The van der Waals surface area contributed by atoms with Crippen molar-refractivity contribution in [2.75, 3.05) is 19.6 Å². The number of sulfonamides is 1. The van der Waals surface area contributed by atoms with Crippen LogP contribution in [0.1, 0.15) is 34.5 Å². The molecule has 0 saturated heterocycles. The van der Waals surface area contributed by atoms with Crippen LogP contribution < -0.4 is 0 Å². The molecule has 1 aliphatic heterocycles. The lowest BCUT2D eigenvalue weighted by Gasteiger charge is -2.37. The molecule has 1 unspecified atom stereocenters. The van der Waals surface area contributed by atoms with Gasteiger partial charge in [-0.15, -0.1) is 11.3 Å². The summed E-state index contributed by atoms with van der Waals surface area (Å²) in [6.07, 6.45) is -4.11. The lowest BCUT2D eigenvalue weighted by atomic mass is 9.93. The van der Waals surface area contributed by atoms with Crippen LogP contribution in [-0.2, 0) is 27.4 Å². The standard InChI is InChI=1S/C24H21Cl2F3N2O3S2/c1-2-30(36(33,34)17-5-3-4-15(12-17)24(27,28)29)14-22(32)31-10-8-21-19(9-11-35-21)23(31)18-7-6-16(25)13-20(18)26/h3-7,9,11-13,23H,2,8,10,14H2,1H3. The highest BCUT2D eigenvalue weighted by Gasteiger charge is 2.37. The summed E-state index contributed by atoms with van der Waals surface area (Å²) in [6, 6.07) is 9.85. The van der Waals surface area contributed by atoms with Crippen LogP contribution in [0.2, 0.25) is 10.0 Å². The van der Waals surface area contributed by atoms with Gasteiger partial charge in [-0.2, -0.15) is 17.5 Å². The molecule has 0 spiro atoms. The number of alkyl halides is 3. The van der Waals surface area contributed by atoms with Crippen molar-refractivity contribution in [3.05, 3.63) is 85.5 Å². The highest BCUT2D eigenvalue weighted by Crippen LogP contribution is 2.41. The van der Waals surface area contributed by atoms with Crippen LogP contribution in [0, 0.1) is 0 Å². The number of carbonyl (C=O) groups is 1. The van der Waals surface area contributed by atoms with Crippen LogP contribution in [0.5, 0.6) is 0 Å². The van der Waals surface area contributed by atoms with Gasteiger partial charge in [0, 0.05) is 28.0 Å². The molecule has 2 heterocycles. The van der Waals surface area contributed by atoms with Crippen LogP contribution in [0.15, 0.2) is 58.8 Å². The largest absolute Gasteiger partial charge is 0.416 e. The third-order valence-corrected chi connectivity index (χ3v) is 9.48. The molecule has 12 heteroatoms. The van der Waals surface area contributed by atoms with Crippen molar-refractivity contribution in [2.24, 2.45) is 0 Å². The van der Waals surface area contributed by atoms with E-state index < -0.39 is 45.2 Å². The maximum absolute atomic E-state index is 13.5. The lowest BCUT2D eigenvalue weighted by Crippen LogP contribution is -2.46.